The van der Waals surface area contributed by atoms with E-state index in [1.54, 1.807) is 18.3 Å². The number of anilines is 2. The summed E-state index contributed by atoms with van der Waals surface area (Å²) >= 11 is 0. The molecule has 8 rings (SSSR count). The number of rotatable bonds is 8. The molecule has 2 aliphatic heterocycles. The van der Waals surface area contributed by atoms with Crippen LogP contribution in [0.15, 0.2) is 54.7 Å². The number of nitrogens with zero attached hydrogens (tertiary/aromatic N) is 3. The van der Waals surface area contributed by atoms with Gasteiger partial charge in [-0.3, -0.25) is 14.7 Å². The number of halogens is 2. The number of carbonyl (C=O) groups is 2. The molecule has 4 aromatic rings. The number of amides is 2. The maximum absolute atomic E-state index is 15.7. The number of carbonyl (C=O) groups excluding carboxylic acids is 2. The molecule has 4 atom stereocenters. The van der Waals surface area contributed by atoms with E-state index in [1.165, 1.54) is 6.07 Å². The van der Waals surface area contributed by atoms with Crippen LogP contribution in [0.3, 0.4) is 0 Å². The van der Waals surface area contributed by atoms with Crippen molar-refractivity contribution in [3.63, 3.8) is 0 Å². The molecule has 4 heterocycles. The maximum Gasteiger partial charge on any atom is 0.258 e. The molecule has 1 saturated carbocycles. The van der Waals surface area contributed by atoms with E-state index in [0.717, 1.165) is 46.9 Å². The fraction of sp³-hybridized carbons (Fsp3) is 0.389. The van der Waals surface area contributed by atoms with E-state index in [1.807, 2.05) is 44.2 Å². The van der Waals surface area contributed by atoms with Gasteiger partial charge in [-0.25, -0.2) is 13.8 Å². The summed E-state index contributed by atoms with van der Waals surface area (Å²) in [4.78, 5) is 33.8. The number of alkyl halides is 1. The number of morpholine rings is 1. The molecular weight excluding hydrogens is 602 g/mol. The molecular formula is C36H36F2N6O3. The van der Waals surface area contributed by atoms with Crippen LogP contribution >= 0.6 is 0 Å². The van der Waals surface area contributed by atoms with E-state index in [9.17, 15) is 14.0 Å². The zero-order chi connectivity index (χ0) is 32.4. The minimum Gasteiger partial charge on any atom is -0.374 e. The molecule has 2 aromatic heterocycles. The van der Waals surface area contributed by atoms with Crippen molar-refractivity contribution in [1.82, 2.24) is 20.5 Å². The SMILES string of the molecule is Cc1n[nH]c(C)c1-c1ccc(NC(=O)[C@@H](NC(=O)C2(F)CC2)[C@@H]2CCc3c(F)cc(-c4ccnc(N5C[C@@H]6C[C@H]5CO6)c4)cc32)cc1. The van der Waals surface area contributed by atoms with Crippen molar-refractivity contribution < 1.29 is 23.1 Å². The molecule has 0 spiro atoms. The lowest BCUT2D eigenvalue weighted by molar-refractivity contribution is -0.131. The Hall–Kier alpha value is -4.64. The minimum absolute atomic E-state index is 0.122. The average Bonchev–Trinajstić information content (AvgIpc) is 3.48. The number of ether oxygens (including phenoxy) is 1. The van der Waals surface area contributed by atoms with Gasteiger partial charge in [0, 0.05) is 35.6 Å². The number of nitrogens with one attached hydrogen (secondary N) is 3. The van der Waals surface area contributed by atoms with Crippen LogP contribution in [0.2, 0.25) is 0 Å². The second-order valence-electron chi connectivity index (χ2n) is 13.4. The van der Waals surface area contributed by atoms with Crippen LogP contribution in [-0.4, -0.2) is 64.0 Å². The monoisotopic (exact) mass is 638 g/mol. The van der Waals surface area contributed by atoms with Crippen molar-refractivity contribution in [3.8, 4) is 22.3 Å². The van der Waals surface area contributed by atoms with Crippen molar-refractivity contribution >= 4 is 23.3 Å². The van der Waals surface area contributed by atoms with Gasteiger partial charge in [0.25, 0.3) is 5.91 Å². The van der Waals surface area contributed by atoms with Gasteiger partial charge >= 0.3 is 0 Å². The van der Waals surface area contributed by atoms with Crippen LogP contribution in [0, 0.1) is 19.7 Å². The van der Waals surface area contributed by atoms with Crippen molar-refractivity contribution in [2.24, 2.45) is 0 Å². The van der Waals surface area contributed by atoms with Crippen molar-refractivity contribution in [2.75, 3.05) is 23.4 Å². The first-order valence-electron chi connectivity index (χ1n) is 16.3. The van der Waals surface area contributed by atoms with Gasteiger partial charge in [0.1, 0.15) is 17.7 Å². The molecule has 9 nitrogen and oxygen atoms in total. The third-order valence-corrected chi connectivity index (χ3v) is 10.2. The van der Waals surface area contributed by atoms with E-state index < -0.39 is 29.4 Å². The summed E-state index contributed by atoms with van der Waals surface area (Å²) in [6, 6.07) is 13.8. The normalized spacial score (nSPS) is 22.6. The van der Waals surface area contributed by atoms with Gasteiger partial charge in [-0.1, -0.05) is 18.2 Å². The second kappa shape index (κ2) is 11.3. The Kier molecular flexibility index (Phi) is 7.12. The van der Waals surface area contributed by atoms with E-state index in [2.05, 4.69) is 30.7 Å². The maximum atomic E-state index is 15.7. The Morgan fingerprint density at radius 3 is 2.57 bits per heavy atom. The molecule has 2 aliphatic carbocycles. The van der Waals surface area contributed by atoms with Gasteiger partial charge in [0.15, 0.2) is 5.67 Å². The minimum atomic E-state index is -1.97. The second-order valence-corrected chi connectivity index (χ2v) is 13.4. The summed E-state index contributed by atoms with van der Waals surface area (Å²) in [5.74, 6) is -1.36. The zero-order valence-electron chi connectivity index (χ0n) is 26.3. The predicted octanol–water partition coefficient (Wildman–Crippen LogP) is 5.53. The highest BCUT2D eigenvalue weighted by molar-refractivity contribution is 6.00. The van der Waals surface area contributed by atoms with Crippen LogP contribution in [-0.2, 0) is 20.7 Å². The van der Waals surface area contributed by atoms with Gasteiger partial charge in [0.2, 0.25) is 5.91 Å². The summed E-state index contributed by atoms with van der Waals surface area (Å²) in [5.41, 5.74) is 4.94. The third-order valence-electron chi connectivity index (χ3n) is 10.2. The smallest absolute Gasteiger partial charge is 0.258 e. The van der Waals surface area contributed by atoms with Gasteiger partial charge in [-0.05, 0) is 104 Å². The standard InChI is InChI=1S/C36H36F2N6O3/c1-19-32(20(2)43-42-19)21-3-5-24(6-4-21)40-34(45)33(41-35(46)36(38)10-11-36)28-8-7-27-29(28)13-23(14-30(27)37)22-9-12-39-31(15-22)44-17-26-16-25(44)18-47-26/h3-6,9,12-15,25-26,28,33H,7-8,10-11,16-18H2,1-2H3,(H,40,45)(H,41,46)(H,42,43)/t25-,26-,28+,33-/m0/s1. The highest BCUT2D eigenvalue weighted by atomic mass is 19.1. The summed E-state index contributed by atoms with van der Waals surface area (Å²) in [6.07, 6.45) is 4.00. The van der Waals surface area contributed by atoms with E-state index in [4.69, 9.17) is 4.74 Å². The molecule has 11 heteroatoms. The number of benzene rings is 2. The van der Waals surface area contributed by atoms with Gasteiger partial charge < -0.3 is 20.3 Å². The number of pyridine rings is 1. The zero-order valence-corrected chi connectivity index (χ0v) is 26.3. The Balaban J connectivity index is 1.09. The molecule has 3 N–H and O–H groups in total. The number of hydrogen-bond acceptors (Lipinski definition) is 6. The Morgan fingerprint density at radius 1 is 1.09 bits per heavy atom. The van der Waals surface area contributed by atoms with Crippen LogP contribution in [0.4, 0.5) is 20.3 Å². The van der Waals surface area contributed by atoms with E-state index in [0.29, 0.717) is 41.8 Å². The van der Waals surface area contributed by atoms with Gasteiger partial charge in [0.05, 0.1) is 24.4 Å². The molecule has 2 bridgehead atoms. The molecule has 3 fully saturated rings. The highest BCUT2D eigenvalue weighted by Gasteiger charge is 2.52. The first-order chi connectivity index (χ1) is 22.7. The quantitative estimate of drug-likeness (QED) is 0.234. The van der Waals surface area contributed by atoms with Gasteiger partial charge in [-0.2, -0.15) is 5.10 Å². The molecule has 0 radical (unpaired) electrons. The van der Waals surface area contributed by atoms with Crippen LogP contribution in [0.1, 0.15) is 54.1 Å². The average molecular weight is 639 g/mol. The fourth-order valence-corrected chi connectivity index (χ4v) is 7.53. The molecule has 2 amide bonds. The van der Waals surface area contributed by atoms with Gasteiger partial charge in [-0.15, -0.1) is 0 Å². The summed E-state index contributed by atoms with van der Waals surface area (Å²) in [5, 5.41) is 12.9. The number of aryl methyl sites for hydroxylation is 2. The molecule has 0 unspecified atom stereocenters. The molecule has 2 saturated heterocycles. The summed E-state index contributed by atoms with van der Waals surface area (Å²) < 4.78 is 36.4. The Labute approximate surface area is 271 Å². The largest absolute Gasteiger partial charge is 0.374 e. The molecule has 2 aromatic carbocycles. The number of aromatic nitrogens is 3. The van der Waals surface area contributed by atoms with Crippen LogP contribution < -0.4 is 15.5 Å². The lowest BCUT2D eigenvalue weighted by atomic mass is 9.89. The van der Waals surface area contributed by atoms with Crippen molar-refractivity contribution in [2.45, 2.75) is 75.7 Å². The molecule has 47 heavy (non-hydrogen) atoms. The number of aromatic amines is 1. The van der Waals surface area contributed by atoms with Crippen LogP contribution in [0.5, 0.6) is 0 Å². The number of fused-ring (bicyclic) bond motifs is 3. The third kappa shape index (κ3) is 5.36. The lowest BCUT2D eigenvalue weighted by Crippen LogP contribution is -2.50. The van der Waals surface area contributed by atoms with E-state index in [-0.39, 0.29) is 30.8 Å². The van der Waals surface area contributed by atoms with Crippen molar-refractivity contribution in [1.29, 1.82) is 0 Å². The predicted molar refractivity (Wildman–Crippen MR) is 173 cm³/mol. The summed E-state index contributed by atoms with van der Waals surface area (Å²) in [6.45, 7) is 5.32. The Bertz CT molecular complexity index is 1870. The van der Waals surface area contributed by atoms with Crippen LogP contribution in [0.25, 0.3) is 22.3 Å². The summed E-state index contributed by atoms with van der Waals surface area (Å²) in [7, 11) is 0. The number of hydrogen-bond donors (Lipinski definition) is 3. The highest BCUT2D eigenvalue weighted by Crippen LogP contribution is 2.43. The molecule has 242 valence electrons. The Morgan fingerprint density at radius 2 is 1.89 bits per heavy atom. The number of H-pyrrole nitrogens is 1. The first kappa shape index (κ1) is 29.7. The fourth-order valence-electron chi connectivity index (χ4n) is 7.53. The van der Waals surface area contributed by atoms with Crippen molar-refractivity contribution in [3.05, 3.63) is 83.1 Å². The topological polar surface area (TPSA) is 112 Å². The first-order valence-corrected chi connectivity index (χ1v) is 16.3. The van der Waals surface area contributed by atoms with E-state index >= 15 is 4.39 Å². The lowest BCUT2D eigenvalue weighted by Gasteiger charge is -2.28. The molecule has 4 aliphatic rings.